The zero-order valence-corrected chi connectivity index (χ0v) is 11.9. The minimum absolute atomic E-state index is 0.634. The van der Waals surface area contributed by atoms with Crippen molar-refractivity contribution in [1.29, 1.82) is 0 Å². The number of nitrogens with zero attached hydrogens (tertiary/aromatic N) is 1. The molecule has 0 aromatic heterocycles. The molecule has 0 saturated heterocycles. The Hall–Kier alpha value is -0.760. The molecule has 0 fully saturated rings. The Kier molecular flexibility index (Phi) is 5.76. The lowest BCUT2D eigenvalue weighted by atomic mass is 9.77. The summed E-state index contributed by atoms with van der Waals surface area (Å²) in [6.07, 6.45) is 8.88. The quantitative estimate of drug-likeness (QED) is 0.702. The Morgan fingerprint density at radius 2 is 2.18 bits per heavy atom. The summed E-state index contributed by atoms with van der Waals surface area (Å²) in [7, 11) is 6.08. The Bertz CT molecular complexity index is 281. The van der Waals surface area contributed by atoms with Gasteiger partial charge < -0.3 is 9.64 Å². The van der Waals surface area contributed by atoms with Crippen LogP contribution in [0.4, 0.5) is 0 Å². The molecule has 0 aromatic rings. The second-order valence-electron chi connectivity index (χ2n) is 5.40. The molecule has 0 spiro atoms. The Labute approximate surface area is 106 Å². The van der Waals surface area contributed by atoms with Gasteiger partial charge in [-0.25, -0.2) is 0 Å². The van der Waals surface area contributed by atoms with Crippen molar-refractivity contribution in [3.8, 4) is 0 Å². The third-order valence-corrected chi connectivity index (χ3v) is 3.74. The molecule has 2 heteroatoms. The highest BCUT2D eigenvalue weighted by atomic mass is 16.5. The Morgan fingerprint density at radius 3 is 2.71 bits per heavy atom. The molecule has 0 radical (unpaired) electrons. The van der Waals surface area contributed by atoms with Gasteiger partial charge in [-0.15, -0.1) is 0 Å². The molecule has 2 nitrogen and oxygen atoms in total. The highest BCUT2D eigenvalue weighted by Gasteiger charge is 2.26. The van der Waals surface area contributed by atoms with Gasteiger partial charge in [0, 0.05) is 13.0 Å². The summed E-state index contributed by atoms with van der Waals surface area (Å²) in [5, 5.41) is 0. The fraction of sp³-hybridized carbons (Fsp3) is 0.733. The van der Waals surface area contributed by atoms with E-state index in [1.807, 2.05) is 0 Å². The van der Waals surface area contributed by atoms with Gasteiger partial charge in [-0.2, -0.15) is 0 Å². The molecule has 1 aliphatic rings. The van der Waals surface area contributed by atoms with E-state index in [4.69, 9.17) is 4.74 Å². The number of hydrogen-bond donors (Lipinski definition) is 0. The van der Waals surface area contributed by atoms with E-state index in [-0.39, 0.29) is 0 Å². The highest BCUT2D eigenvalue weighted by Crippen LogP contribution is 2.33. The van der Waals surface area contributed by atoms with Gasteiger partial charge in [0.15, 0.2) is 0 Å². The largest absolute Gasteiger partial charge is 0.501 e. The maximum atomic E-state index is 5.38. The summed E-state index contributed by atoms with van der Waals surface area (Å²) in [5.41, 5.74) is 0. The van der Waals surface area contributed by atoms with Crippen molar-refractivity contribution in [3.63, 3.8) is 0 Å². The summed E-state index contributed by atoms with van der Waals surface area (Å²) in [5.74, 6) is 3.22. The summed E-state index contributed by atoms with van der Waals surface area (Å²) >= 11 is 0. The standard InChI is InChI=1S/C15H27NO/c1-6-15(12(2)11-16(3)4)13-8-7-9-14(10-13)17-5/h7-9,12-13,15H,6,10-11H2,1-5H3. The fourth-order valence-electron chi connectivity index (χ4n) is 2.96. The van der Waals surface area contributed by atoms with Crippen LogP contribution in [0.15, 0.2) is 24.0 Å². The molecule has 1 rings (SSSR count). The average molecular weight is 237 g/mol. The first-order valence-electron chi connectivity index (χ1n) is 6.64. The van der Waals surface area contributed by atoms with Crippen LogP contribution >= 0.6 is 0 Å². The predicted molar refractivity (Wildman–Crippen MR) is 73.8 cm³/mol. The number of allylic oxidation sites excluding steroid dienone is 4. The molecule has 0 aliphatic heterocycles. The van der Waals surface area contributed by atoms with Crippen LogP contribution in [0.3, 0.4) is 0 Å². The normalized spacial score (nSPS) is 23.4. The van der Waals surface area contributed by atoms with Gasteiger partial charge in [0.25, 0.3) is 0 Å². The van der Waals surface area contributed by atoms with Crippen molar-refractivity contribution in [2.75, 3.05) is 27.7 Å². The van der Waals surface area contributed by atoms with Gasteiger partial charge >= 0.3 is 0 Å². The lowest BCUT2D eigenvalue weighted by Gasteiger charge is -2.32. The van der Waals surface area contributed by atoms with Crippen molar-refractivity contribution in [2.24, 2.45) is 17.8 Å². The summed E-state index contributed by atoms with van der Waals surface area (Å²) in [6.45, 7) is 5.83. The van der Waals surface area contributed by atoms with Crippen LogP contribution in [-0.4, -0.2) is 32.6 Å². The molecule has 0 N–H and O–H groups in total. The van der Waals surface area contributed by atoms with E-state index in [1.165, 1.54) is 6.42 Å². The maximum Gasteiger partial charge on any atom is 0.0961 e. The average Bonchev–Trinajstić information content (AvgIpc) is 2.29. The Balaban J connectivity index is 2.62. The molecule has 98 valence electrons. The fourth-order valence-corrected chi connectivity index (χ4v) is 2.96. The van der Waals surface area contributed by atoms with Gasteiger partial charge in [0.05, 0.1) is 12.9 Å². The second-order valence-corrected chi connectivity index (χ2v) is 5.40. The molecular formula is C15H27NO. The van der Waals surface area contributed by atoms with E-state index in [1.54, 1.807) is 7.11 Å². The predicted octanol–water partition coefficient (Wildman–Crippen LogP) is 3.32. The SMILES string of the molecule is CCC(C(C)CN(C)C)C1C=CC=C(OC)C1. The highest BCUT2D eigenvalue weighted by molar-refractivity contribution is 5.16. The summed E-state index contributed by atoms with van der Waals surface area (Å²) in [6, 6.07) is 0. The first-order chi connectivity index (χ1) is 8.08. The molecule has 0 bridgehead atoms. The Morgan fingerprint density at radius 1 is 1.47 bits per heavy atom. The summed E-state index contributed by atoms with van der Waals surface area (Å²) < 4.78 is 5.38. The van der Waals surface area contributed by atoms with Crippen molar-refractivity contribution < 1.29 is 4.74 Å². The first kappa shape index (κ1) is 14.3. The molecular weight excluding hydrogens is 210 g/mol. The van der Waals surface area contributed by atoms with E-state index in [2.05, 4.69) is 51.1 Å². The van der Waals surface area contributed by atoms with E-state index >= 15 is 0 Å². The number of hydrogen-bond acceptors (Lipinski definition) is 2. The zero-order chi connectivity index (χ0) is 12.8. The molecule has 3 unspecified atom stereocenters. The molecule has 0 amide bonds. The zero-order valence-electron chi connectivity index (χ0n) is 11.9. The van der Waals surface area contributed by atoms with Crippen molar-refractivity contribution in [1.82, 2.24) is 4.90 Å². The van der Waals surface area contributed by atoms with Crippen LogP contribution in [0.25, 0.3) is 0 Å². The third-order valence-electron chi connectivity index (χ3n) is 3.74. The number of ether oxygens (including phenoxy) is 1. The van der Waals surface area contributed by atoms with Crippen LogP contribution in [0.2, 0.25) is 0 Å². The minimum atomic E-state index is 0.634. The molecule has 0 aromatic carbocycles. The number of methoxy groups -OCH3 is 1. The van der Waals surface area contributed by atoms with Crippen LogP contribution in [0.1, 0.15) is 26.7 Å². The van der Waals surface area contributed by atoms with E-state index in [0.29, 0.717) is 5.92 Å². The van der Waals surface area contributed by atoms with Crippen LogP contribution < -0.4 is 0 Å². The van der Waals surface area contributed by atoms with Crippen molar-refractivity contribution in [2.45, 2.75) is 26.7 Å². The van der Waals surface area contributed by atoms with E-state index < -0.39 is 0 Å². The molecule has 0 saturated carbocycles. The molecule has 17 heavy (non-hydrogen) atoms. The minimum Gasteiger partial charge on any atom is -0.501 e. The monoisotopic (exact) mass is 237 g/mol. The van der Waals surface area contributed by atoms with E-state index in [0.717, 1.165) is 30.6 Å². The number of rotatable bonds is 6. The first-order valence-corrected chi connectivity index (χ1v) is 6.64. The molecule has 0 heterocycles. The maximum absolute atomic E-state index is 5.38. The lowest BCUT2D eigenvalue weighted by Crippen LogP contribution is -2.29. The lowest BCUT2D eigenvalue weighted by molar-refractivity contribution is 0.189. The van der Waals surface area contributed by atoms with Gasteiger partial charge in [-0.05, 0) is 37.9 Å². The van der Waals surface area contributed by atoms with Crippen LogP contribution in [-0.2, 0) is 4.74 Å². The molecule has 3 atom stereocenters. The van der Waals surface area contributed by atoms with Gasteiger partial charge in [0.1, 0.15) is 0 Å². The van der Waals surface area contributed by atoms with Crippen molar-refractivity contribution in [3.05, 3.63) is 24.0 Å². The second kappa shape index (κ2) is 6.85. The van der Waals surface area contributed by atoms with Crippen molar-refractivity contribution >= 4 is 0 Å². The van der Waals surface area contributed by atoms with Gasteiger partial charge in [-0.3, -0.25) is 0 Å². The van der Waals surface area contributed by atoms with Crippen LogP contribution in [0.5, 0.6) is 0 Å². The van der Waals surface area contributed by atoms with Gasteiger partial charge in [-0.1, -0.05) is 32.4 Å². The van der Waals surface area contributed by atoms with E-state index in [9.17, 15) is 0 Å². The summed E-state index contributed by atoms with van der Waals surface area (Å²) in [4.78, 5) is 2.28. The topological polar surface area (TPSA) is 12.5 Å². The third kappa shape index (κ3) is 4.19. The van der Waals surface area contributed by atoms with Gasteiger partial charge in [0.2, 0.25) is 0 Å². The molecule has 1 aliphatic carbocycles. The smallest absolute Gasteiger partial charge is 0.0961 e. The van der Waals surface area contributed by atoms with Crippen LogP contribution in [0, 0.1) is 17.8 Å².